The van der Waals surface area contributed by atoms with E-state index in [-0.39, 0.29) is 11.8 Å². The van der Waals surface area contributed by atoms with E-state index in [4.69, 9.17) is 0 Å². The van der Waals surface area contributed by atoms with Crippen LogP contribution < -0.4 is 10.6 Å². The smallest absolute Gasteiger partial charge is 0.228 e. The number of aryl methyl sites for hydroxylation is 2. The van der Waals surface area contributed by atoms with Crippen LogP contribution in [0.2, 0.25) is 0 Å². The van der Waals surface area contributed by atoms with E-state index in [1.165, 1.54) is 0 Å². The molecule has 0 radical (unpaired) electrons. The van der Waals surface area contributed by atoms with Crippen molar-refractivity contribution in [2.75, 3.05) is 6.54 Å². The summed E-state index contributed by atoms with van der Waals surface area (Å²) in [6.07, 6.45) is 0.974. The predicted octanol–water partition coefficient (Wildman–Crippen LogP) is 1.41. The molecule has 0 spiro atoms. The summed E-state index contributed by atoms with van der Waals surface area (Å²) in [5, 5.41) is 5.74. The van der Waals surface area contributed by atoms with E-state index in [1.807, 2.05) is 37.6 Å². The van der Waals surface area contributed by atoms with Crippen LogP contribution in [0.1, 0.15) is 31.2 Å². The van der Waals surface area contributed by atoms with Crippen molar-refractivity contribution in [3.63, 3.8) is 0 Å². The van der Waals surface area contributed by atoms with Crippen molar-refractivity contribution in [2.45, 2.75) is 33.2 Å². The quantitative estimate of drug-likeness (QED) is 0.899. The zero-order valence-electron chi connectivity index (χ0n) is 13.8. The molecule has 0 saturated carbocycles. The first-order valence-corrected chi connectivity index (χ1v) is 7.86. The van der Waals surface area contributed by atoms with Gasteiger partial charge in [0.1, 0.15) is 5.82 Å². The summed E-state index contributed by atoms with van der Waals surface area (Å²) in [5.41, 5.74) is 2.61. The molecule has 1 aromatic heterocycles. The van der Waals surface area contributed by atoms with Gasteiger partial charge in [-0.05, 0) is 38.0 Å². The van der Waals surface area contributed by atoms with Crippen LogP contribution in [0, 0.1) is 12.3 Å². The molecule has 2 N–H and O–H groups in total. The highest BCUT2D eigenvalue weighted by atomic mass is 16.2. The van der Waals surface area contributed by atoms with E-state index >= 15 is 0 Å². The van der Waals surface area contributed by atoms with Crippen molar-refractivity contribution in [1.82, 2.24) is 20.2 Å². The summed E-state index contributed by atoms with van der Waals surface area (Å²) in [5.74, 6) is 0.795. The number of imidazole rings is 1. The molecule has 2 amide bonds. The fraction of sp³-hybridized carbons (Fsp3) is 0.471. The van der Waals surface area contributed by atoms with Crippen molar-refractivity contribution < 1.29 is 9.59 Å². The zero-order valence-corrected chi connectivity index (χ0v) is 13.8. The average Bonchev–Trinajstić information content (AvgIpc) is 2.83. The van der Waals surface area contributed by atoms with Gasteiger partial charge in [-0.2, -0.15) is 0 Å². The van der Waals surface area contributed by atoms with E-state index < -0.39 is 5.41 Å². The van der Waals surface area contributed by atoms with Crippen LogP contribution in [0.4, 0.5) is 0 Å². The van der Waals surface area contributed by atoms with E-state index in [1.54, 1.807) is 0 Å². The maximum absolute atomic E-state index is 12.5. The Morgan fingerprint density at radius 3 is 2.96 bits per heavy atom. The third-order valence-corrected chi connectivity index (χ3v) is 4.66. The second-order valence-electron chi connectivity index (χ2n) is 6.60. The number of piperidine rings is 1. The van der Waals surface area contributed by atoms with Gasteiger partial charge >= 0.3 is 0 Å². The van der Waals surface area contributed by atoms with Crippen molar-refractivity contribution in [2.24, 2.45) is 12.5 Å². The minimum atomic E-state index is -0.547. The Morgan fingerprint density at radius 1 is 1.48 bits per heavy atom. The van der Waals surface area contributed by atoms with Gasteiger partial charge in [0.2, 0.25) is 11.8 Å². The highest BCUT2D eigenvalue weighted by molar-refractivity contribution is 5.86. The molecule has 1 saturated heterocycles. The molecular formula is C17H22N4O2. The number of aromatic nitrogens is 2. The molecule has 0 aliphatic carbocycles. The molecule has 3 rings (SSSR count). The van der Waals surface area contributed by atoms with Crippen molar-refractivity contribution in [3.05, 3.63) is 29.6 Å². The Labute approximate surface area is 135 Å². The third kappa shape index (κ3) is 2.93. The lowest BCUT2D eigenvalue weighted by Gasteiger charge is -2.32. The van der Waals surface area contributed by atoms with E-state index in [0.29, 0.717) is 25.9 Å². The van der Waals surface area contributed by atoms with Crippen molar-refractivity contribution in [3.8, 4) is 0 Å². The van der Waals surface area contributed by atoms with Gasteiger partial charge in [-0.15, -0.1) is 0 Å². The maximum atomic E-state index is 12.5. The minimum Gasteiger partial charge on any atom is -0.355 e. The van der Waals surface area contributed by atoms with Crippen LogP contribution in [0.5, 0.6) is 0 Å². The molecule has 1 unspecified atom stereocenters. The van der Waals surface area contributed by atoms with Gasteiger partial charge in [0.15, 0.2) is 0 Å². The summed E-state index contributed by atoms with van der Waals surface area (Å²) < 4.78 is 2.00. The summed E-state index contributed by atoms with van der Waals surface area (Å²) in [6.45, 7) is 4.69. The number of hydrogen-bond donors (Lipinski definition) is 2. The Kier molecular flexibility index (Phi) is 3.83. The summed E-state index contributed by atoms with van der Waals surface area (Å²) >= 11 is 0. The number of nitrogens with one attached hydrogen (secondary N) is 2. The lowest BCUT2D eigenvalue weighted by atomic mass is 9.81. The fourth-order valence-corrected chi connectivity index (χ4v) is 2.94. The molecule has 23 heavy (non-hydrogen) atoms. The molecule has 6 nitrogen and oxygen atoms in total. The lowest BCUT2D eigenvalue weighted by molar-refractivity contribution is -0.134. The van der Waals surface area contributed by atoms with E-state index in [9.17, 15) is 9.59 Å². The standard InChI is InChI=1S/C17H22N4O2/c1-11-4-5-13-12(8-11)20-14(21(13)3)9-18-16(23)17(2)7-6-15(22)19-10-17/h4-5,8H,6-7,9-10H2,1-3H3,(H,18,23)(H,19,22). The van der Waals surface area contributed by atoms with Gasteiger partial charge in [0.25, 0.3) is 0 Å². The molecule has 2 aromatic rings. The average molecular weight is 314 g/mol. The van der Waals surface area contributed by atoms with Gasteiger partial charge in [0, 0.05) is 20.0 Å². The number of hydrogen-bond acceptors (Lipinski definition) is 3. The summed E-state index contributed by atoms with van der Waals surface area (Å²) in [7, 11) is 1.95. The number of rotatable bonds is 3. The first kappa shape index (κ1) is 15.5. The summed E-state index contributed by atoms with van der Waals surface area (Å²) in [6, 6.07) is 6.14. The SMILES string of the molecule is Cc1ccc2c(c1)nc(CNC(=O)C1(C)CCC(=O)NC1)n2C. The molecule has 6 heteroatoms. The lowest BCUT2D eigenvalue weighted by Crippen LogP contribution is -2.50. The van der Waals surface area contributed by atoms with Gasteiger partial charge in [0.05, 0.1) is 23.0 Å². The van der Waals surface area contributed by atoms with Gasteiger partial charge < -0.3 is 15.2 Å². The second kappa shape index (κ2) is 5.68. The van der Waals surface area contributed by atoms with Crippen LogP contribution in [0.25, 0.3) is 11.0 Å². The fourth-order valence-electron chi connectivity index (χ4n) is 2.94. The highest BCUT2D eigenvalue weighted by Crippen LogP contribution is 2.26. The molecule has 1 aliphatic rings. The molecule has 122 valence electrons. The monoisotopic (exact) mass is 314 g/mol. The number of benzene rings is 1. The maximum Gasteiger partial charge on any atom is 0.228 e. The molecule has 1 atom stereocenters. The van der Waals surface area contributed by atoms with Crippen LogP contribution >= 0.6 is 0 Å². The van der Waals surface area contributed by atoms with Crippen molar-refractivity contribution >= 4 is 22.8 Å². The molecule has 0 bridgehead atoms. The summed E-state index contributed by atoms with van der Waals surface area (Å²) in [4.78, 5) is 28.4. The van der Waals surface area contributed by atoms with Gasteiger partial charge in [-0.1, -0.05) is 6.07 Å². The van der Waals surface area contributed by atoms with Crippen molar-refractivity contribution in [1.29, 1.82) is 0 Å². The third-order valence-electron chi connectivity index (χ3n) is 4.66. The van der Waals surface area contributed by atoms with Gasteiger partial charge in [-0.3, -0.25) is 9.59 Å². The second-order valence-corrected chi connectivity index (χ2v) is 6.60. The van der Waals surface area contributed by atoms with Crippen LogP contribution in [-0.2, 0) is 23.2 Å². The van der Waals surface area contributed by atoms with E-state index in [0.717, 1.165) is 22.4 Å². The van der Waals surface area contributed by atoms with E-state index in [2.05, 4.69) is 21.7 Å². The number of carbonyl (C=O) groups excluding carboxylic acids is 2. The molecule has 1 aromatic carbocycles. The zero-order chi connectivity index (χ0) is 16.6. The normalized spacial score (nSPS) is 21.3. The van der Waals surface area contributed by atoms with Crippen LogP contribution in [0.15, 0.2) is 18.2 Å². The number of fused-ring (bicyclic) bond motifs is 1. The number of carbonyl (C=O) groups is 2. The Morgan fingerprint density at radius 2 is 2.26 bits per heavy atom. The Balaban J connectivity index is 1.72. The Hall–Kier alpha value is -2.37. The topological polar surface area (TPSA) is 76.0 Å². The Bertz CT molecular complexity index is 768. The largest absolute Gasteiger partial charge is 0.355 e. The van der Waals surface area contributed by atoms with Crippen LogP contribution in [-0.4, -0.2) is 27.9 Å². The van der Waals surface area contributed by atoms with Crippen LogP contribution in [0.3, 0.4) is 0 Å². The predicted molar refractivity (Wildman–Crippen MR) is 87.6 cm³/mol. The molecule has 1 fully saturated rings. The number of amides is 2. The highest BCUT2D eigenvalue weighted by Gasteiger charge is 2.36. The molecular weight excluding hydrogens is 292 g/mol. The number of nitrogens with zero attached hydrogens (tertiary/aromatic N) is 2. The first-order chi connectivity index (χ1) is 10.9. The molecule has 2 heterocycles. The first-order valence-electron chi connectivity index (χ1n) is 7.86. The molecule has 1 aliphatic heterocycles. The van der Waals surface area contributed by atoms with Gasteiger partial charge in [-0.25, -0.2) is 4.98 Å². The minimum absolute atomic E-state index is 0.0148.